The van der Waals surface area contributed by atoms with Crippen LogP contribution in [0, 0.1) is 5.82 Å². The Hall–Kier alpha value is -2.08. The highest BCUT2D eigenvalue weighted by molar-refractivity contribution is 5.30. The van der Waals surface area contributed by atoms with Gasteiger partial charge in [0.25, 0.3) is 0 Å². The van der Waals surface area contributed by atoms with Crippen molar-refractivity contribution < 1.29 is 22.3 Å². The van der Waals surface area contributed by atoms with Crippen molar-refractivity contribution in [3.05, 3.63) is 65.0 Å². The molecule has 6 heteroatoms. The molecule has 0 atom stereocenters. The highest BCUT2D eigenvalue weighted by Crippen LogP contribution is 2.29. The number of hydrogen-bond donors (Lipinski definition) is 1. The number of hydrogen-bond acceptors (Lipinski definition) is 2. The molecule has 26 heavy (non-hydrogen) atoms. The van der Waals surface area contributed by atoms with E-state index in [9.17, 15) is 17.6 Å². The van der Waals surface area contributed by atoms with Crippen LogP contribution in [0.5, 0.6) is 5.75 Å². The van der Waals surface area contributed by atoms with E-state index in [0.29, 0.717) is 17.7 Å². The normalized spacial score (nSPS) is 12.3. The minimum absolute atomic E-state index is 0.0657. The first-order chi connectivity index (χ1) is 12.1. The topological polar surface area (TPSA) is 21.3 Å². The van der Waals surface area contributed by atoms with E-state index in [1.54, 1.807) is 12.1 Å². The van der Waals surface area contributed by atoms with Gasteiger partial charge in [-0.15, -0.1) is 0 Å². The van der Waals surface area contributed by atoms with Crippen molar-refractivity contribution in [2.45, 2.75) is 52.1 Å². The number of nitrogens with one attached hydrogen (secondary N) is 1. The van der Waals surface area contributed by atoms with Crippen LogP contribution in [0.2, 0.25) is 0 Å². The van der Waals surface area contributed by atoms with Gasteiger partial charge in [-0.05, 0) is 44.0 Å². The summed E-state index contributed by atoms with van der Waals surface area (Å²) in [5.41, 5.74) is 0.0591. The molecule has 2 nitrogen and oxygen atoms in total. The van der Waals surface area contributed by atoms with E-state index in [0.717, 1.165) is 18.6 Å². The second kappa shape index (κ2) is 8.08. The van der Waals surface area contributed by atoms with Crippen molar-refractivity contribution in [3.63, 3.8) is 0 Å². The molecule has 0 heterocycles. The van der Waals surface area contributed by atoms with Crippen molar-refractivity contribution in [3.8, 4) is 5.75 Å². The maximum absolute atomic E-state index is 14.2. The fourth-order valence-corrected chi connectivity index (χ4v) is 2.22. The quantitative estimate of drug-likeness (QED) is 0.632. The van der Waals surface area contributed by atoms with Gasteiger partial charge in [0.15, 0.2) is 0 Å². The van der Waals surface area contributed by atoms with Crippen molar-refractivity contribution in [2.24, 2.45) is 0 Å². The lowest BCUT2D eigenvalue weighted by Crippen LogP contribution is -2.38. The summed E-state index contributed by atoms with van der Waals surface area (Å²) in [6, 6.07) is 9.39. The Bertz CT molecular complexity index is 741. The lowest BCUT2D eigenvalue weighted by molar-refractivity contribution is -0.137. The van der Waals surface area contributed by atoms with Gasteiger partial charge in [0.2, 0.25) is 0 Å². The van der Waals surface area contributed by atoms with Gasteiger partial charge in [0.05, 0.1) is 5.56 Å². The maximum Gasteiger partial charge on any atom is 0.416 e. The Kier molecular flexibility index (Phi) is 6.29. The van der Waals surface area contributed by atoms with Gasteiger partial charge < -0.3 is 10.1 Å². The van der Waals surface area contributed by atoms with Crippen LogP contribution < -0.4 is 10.1 Å². The Morgan fingerprint density at radius 3 is 2.38 bits per heavy atom. The minimum Gasteiger partial charge on any atom is -0.489 e. The first-order valence-electron chi connectivity index (χ1n) is 8.43. The molecule has 0 saturated heterocycles. The average Bonchev–Trinajstić information content (AvgIpc) is 2.58. The van der Waals surface area contributed by atoms with E-state index < -0.39 is 17.6 Å². The molecule has 2 rings (SSSR count). The van der Waals surface area contributed by atoms with E-state index >= 15 is 0 Å². The highest BCUT2D eigenvalue weighted by atomic mass is 19.4. The van der Waals surface area contributed by atoms with Gasteiger partial charge in [0, 0.05) is 23.7 Å². The van der Waals surface area contributed by atoms with E-state index in [4.69, 9.17) is 4.74 Å². The Morgan fingerprint density at radius 1 is 1.04 bits per heavy atom. The maximum atomic E-state index is 14.2. The van der Waals surface area contributed by atoms with Crippen LogP contribution in [0.4, 0.5) is 17.6 Å². The molecule has 2 aromatic rings. The van der Waals surface area contributed by atoms with Crippen LogP contribution in [-0.2, 0) is 19.3 Å². The molecule has 0 fully saturated rings. The molecule has 2 aromatic carbocycles. The average molecular weight is 369 g/mol. The molecule has 142 valence electrons. The van der Waals surface area contributed by atoms with Crippen LogP contribution >= 0.6 is 0 Å². The monoisotopic (exact) mass is 369 g/mol. The number of ether oxygens (including phenoxy) is 1. The fourth-order valence-electron chi connectivity index (χ4n) is 2.22. The third-order valence-corrected chi connectivity index (χ3v) is 4.33. The van der Waals surface area contributed by atoms with E-state index in [2.05, 4.69) is 5.32 Å². The summed E-state index contributed by atoms with van der Waals surface area (Å²) in [4.78, 5) is 0. The molecule has 0 amide bonds. The predicted molar refractivity (Wildman–Crippen MR) is 93.4 cm³/mol. The number of alkyl halides is 3. The highest BCUT2D eigenvalue weighted by Gasteiger charge is 2.30. The third-order valence-electron chi connectivity index (χ3n) is 4.33. The molecular weight excluding hydrogens is 346 g/mol. The number of rotatable bonds is 7. The molecule has 0 aliphatic heterocycles. The van der Waals surface area contributed by atoms with Gasteiger partial charge in [-0.3, -0.25) is 0 Å². The molecule has 1 N–H and O–H groups in total. The van der Waals surface area contributed by atoms with Crippen LogP contribution in [-0.4, -0.2) is 5.54 Å². The minimum atomic E-state index is -4.40. The van der Waals surface area contributed by atoms with Gasteiger partial charge in [-0.25, -0.2) is 4.39 Å². The van der Waals surface area contributed by atoms with E-state index in [-0.39, 0.29) is 17.9 Å². The smallest absolute Gasteiger partial charge is 0.416 e. The summed E-state index contributed by atoms with van der Waals surface area (Å²) in [6.45, 7) is 6.45. The summed E-state index contributed by atoms with van der Waals surface area (Å²) in [6.07, 6.45) is -3.49. The van der Waals surface area contributed by atoms with Crippen LogP contribution in [0.15, 0.2) is 42.5 Å². The van der Waals surface area contributed by atoms with Crippen molar-refractivity contribution in [1.29, 1.82) is 0 Å². The lowest BCUT2D eigenvalue weighted by Gasteiger charge is -2.24. The summed E-state index contributed by atoms with van der Waals surface area (Å²) in [7, 11) is 0. The van der Waals surface area contributed by atoms with Crippen molar-refractivity contribution in [1.82, 2.24) is 5.32 Å². The summed E-state index contributed by atoms with van der Waals surface area (Å²) in [5.74, 6) is -0.135. The van der Waals surface area contributed by atoms with Gasteiger partial charge >= 0.3 is 6.18 Å². The van der Waals surface area contributed by atoms with Crippen LogP contribution in [0.1, 0.15) is 43.9 Å². The Labute approximate surface area is 151 Å². The Morgan fingerprint density at radius 2 is 1.77 bits per heavy atom. The van der Waals surface area contributed by atoms with E-state index in [1.165, 1.54) is 18.2 Å². The molecule has 0 bridgehead atoms. The molecule has 0 aliphatic rings. The third kappa shape index (κ3) is 5.73. The standard InChI is InChI=1S/C20H23F4NO/c1-4-19(2,3)25-12-15-8-9-17(11-18(15)21)26-13-14-6-5-7-16(10-14)20(22,23)24/h5-11,25H,4,12-13H2,1-3H3. The molecular formula is C20H23F4NO. The lowest BCUT2D eigenvalue weighted by atomic mass is 10.0. The second-order valence-corrected chi connectivity index (χ2v) is 6.83. The summed E-state index contributed by atoms with van der Waals surface area (Å²) >= 11 is 0. The van der Waals surface area contributed by atoms with Crippen LogP contribution in [0.3, 0.4) is 0 Å². The first-order valence-corrected chi connectivity index (χ1v) is 8.43. The van der Waals surface area contributed by atoms with Crippen LogP contribution in [0.25, 0.3) is 0 Å². The molecule has 0 radical (unpaired) electrons. The predicted octanol–water partition coefficient (Wildman–Crippen LogP) is 5.70. The van der Waals surface area contributed by atoms with Crippen molar-refractivity contribution >= 4 is 0 Å². The molecule has 0 spiro atoms. The largest absolute Gasteiger partial charge is 0.489 e. The van der Waals surface area contributed by atoms with Gasteiger partial charge in [-0.2, -0.15) is 13.2 Å². The van der Waals surface area contributed by atoms with Gasteiger partial charge in [0.1, 0.15) is 18.2 Å². The Balaban J connectivity index is 2.00. The number of halogens is 4. The summed E-state index contributed by atoms with van der Waals surface area (Å²) in [5, 5.41) is 3.28. The fraction of sp³-hybridized carbons (Fsp3) is 0.400. The summed E-state index contributed by atoms with van der Waals surface area (Å²) < 4.78 is 57.8. The molecule has 0 aliphatic carbocycles. The van der Waals surface area contributed by atoms with E-state index in [1.807, 2.05) is 20.8 Å². The molecule has 0 saturated carbocycles. The molecule has 0 aromatic heterocycles. The van der Waals surface area contributed by atoms with Crippen molar-refractivity contribution in [2.75, 3.05) is 0 Å². The SMILES string of the molecule is CCC(C)(C)NCc1ccc(OCc2cccc(C(F)(F)F)c2)cc1F. The zero-order chi connectivity index (χ0) is 19.4. The second-order valence-electron chi connectivity index (χ2n) is 6.83. The first kappa shape index (κ1) is 20.2. The van der Waals surface area contributed by atoms with Gasteiger partial charge in [-0.1, -0.05) is 25.1 Å². The zero-order valence-corrected chi connectivity index (χ0v) is 15.1. The molecule has 0 unspecified atom stereocenters. The zero-order valence-electron chi connectivity index (χ0n) is 15.1. The number of benzene rings is 2.